The Labute approximate surface area is 144 Å². The summed E-state index contributed by atoms with van der Waals surface area (Å²) >= 11 is 7.34. The van der Waals surface area contributed by atoms with Gasteiger partial charge >= 0.3 is 0 Å². The van der Waals surface area contributed by atoms with Gasteiger partial charge in [-0.3, -0.25) is 0 Å². The second-order valence-electron chi connectivity index (χ2n) is 5.31. The van der Waals surface area contributed by atoms with Crippen molar-refractivity contribution in [3.05, 3.63) is 58.7 Å². The molecule has 3 heteroatoms. The van der Waals surface area contributed by atoms with Crippen LogP contribution < -0.4 is 4.74 Å². The van der Waals surface area contributed by atoms with Crippen LogP contribution in [-0.2, 0) is 0 Å². The molecule has 0 bridgehead atoms. The Morgan fingerprint density at radius 1 is 0.762 bits per heavy atom. The minimum absolute atomic E-state index is 0.253. The van der Waals surface area contributed by atoms with Crippen LogP contribution in [0.1, 0.15) is 45.8 Å². The molecule has 0 aliphatic heterocycles. The zero-order valence-corrected chi connectivity index (χ0v) is 16.0. The lowest BCUT2D eigenvalue weighted by molar-refractivity contribution is 0.470. The molecule has 2 aromatic rings. The fourth-order valence-electron chi connectivity index (χ4n) is 2.62. The van der Waals surface area contributed by atoms with E-state index in [9.17, 15) is 0 Å². The zero-order chi connectivity index (χ0) is 15.6. The largest absolute Gasteiger partial charge is 0.457 e. The maximum atomic E-state index is 6.26. The van der Waals surface area contributed by atoms with Crippen molar-refractivity contribution in [1.29, 1.82) is 0 Å². The minimum Gasteiger partial charge on any atom is -0.457 e. The van der Waals surface area contributed by atoms with Crippen molar-refractivity contribution < 1.29 is 4.74 Å². The summed E-state index contributed by atoms with van der Waals surface area (Å²) in [6, 6.07) is 12.4. The third-order valence-electron chi connectivity index (χ3n) is 3.58. The number of rotatable bonds is 4. The first-order valence-electron chi connectivity index (χ1n) is 7.06. The quantitative estimate of drug-likeness (QED) is 0.491. The van der Waals surface area contributed by atoms with Crippen LogP contribution in [0.3, 0.4) is 0 Å². The maximum absolute atomic E-state index is 6.26. The maximum Gasteiger partial charge on any atom is 0.132 e. The monoisotopic (exact) mass is 410 g/mol. The summed E-state index contributed by atoms with van der Waals surface area (Å²) in [6.45, 7) is 8.48. The molecule has 0 aliphatic rings. The first-order chi connectivity index (χ1) is 9.91. The van der Waals surface area contributed by atoms with Crippen LogP contribution in [0.15, 0.2) is 36.4 Å². The Morgan fingerprint density at radius 3 is 1.48 bits per heavy atom. The summed E-state index contributed by atoms with van der Waals surface area (Å²) in [5, 5.41) is 0. The van der Waals surface area contributed by atoms with Gasteiger partial charge < -0.3 is 4.74 Å². The highest BCUT2D eigenvalue weighted by atomic mass is 79.9. The number of hydrogen-bond acceptors (Lipinski definition) is 1. The molecular weight excluding hydrogens is 392 g/mol. The molecule has 2 atom stereocenters. The van der Waals surface area contributed by atoms with Crippen molar-refractivity contribution >= 4 is 31.9 Å². The van der Waals surface area contributed by atoms with Crippen LogP contribution in [-0.4, -0.2) is 0 Å². The van der Waals surface area contributed by atoms with Crippen molar-refractivity contribution in [2.75, 3.05) is 0 Å². The molecule has 0 aromatic heterocycles. The topological polar surface area (TPSA) is 9.23 Å². The first-order valence-corrected chi connectivity index (χ1v) is 8.90. The molecule has 0 aliphatic carbocycles. The fourth-order valence-corrected chi connectivity index (χ4v) is 3.80. The van der Waals surface area contributed by atoms with Crippen LogP contribution in [0.25, 0.3) is 0 Å². The molecule has 0 N–H and O–H groups in total. The molecule has 2 aromatic carbocycles. The van der Waals surface area contributed by atoms with E-state index >= 15 is 0 Å². The first kappa shape index (κ1) is 16.6. The Balaban J connectivity index is 2.49. The second kappa shape index (κ2) is 6.97. The average Bonchev–Trinajstić information content (AvgIpc) is 2.37. The molecular formula is C18H20Br2O. The van der Waals surface area contributed by atoms with E-state index in [2.05, 4.69) is 71.7 Å². The smallest absolute Gasteiger partial charge is 0.132 e. The van der Waals surface area contributed by atoms with Gasteiger partial charge in [0.1, 0.15) is 11.5 Å². The van der Waals surface area contributed by atoms with E-state index in [1.54, 1.807) is 0 Å². The molecule has 21 heavy (non-hydrogen) atoms. The van der Waals surface area contributed by atoms with Crippen LogP contribution in [0.5, 0.6) is 11.5 Å². The summed E-state index contributed by atoms with van der Waals surface area (Å²) in [4.78, 5) is 0.506. The number of benzene rings is 2. The molecule has 0 saturated carbocycles. The highest BCUT2D eigenvalue weighted by Gasteiger charge is 2.16. The van der Waals surface area contributed by atoms with Crippen molar-refractivity contribution in [1.82, 2.24) is 0 Å². The summed E-state index contributed by atoms with van der Waals surface area (Å²) in [7, 11) is 0. The van der Waals surface area contributed by atoms with Crippen molar-refractivity contribution in [2.45, 2.75) is 37.3 Å². The Kier molecular flexibility index (Phi) is 5.50. The number of alkyl halides is 2. The Hall–Kier alpha value is -0.800. The van der Waals surface area contributed by atoms with Gasteiger partial charge in [-0.25, -0.2) is 0 Å². The highest BCUT2D eigenvalue weighted by molar-refractivity contribution is 9.09. The molecule has 0 amide bonds. The van der Waals surface area contributed by atoms with E-state index in [0.29, 0.717) is 0 Å². The van der Waals surface area contributed by atoms with E-state index in [1.807, 2.05) is 24.3 Å². The molecule has 0 radical (unpaired) electrons. The predicted octanol–water partition coefficient (Wildman–Crippen LogP) is 7.01. The summed E-state index contributed by atoms with van der Waals surface area (Å²) in [5.74, 6) is 1.83. The van der Waals surface area contributed by atoms with E-state index in [1.165, 1.54) is 22.3 Å². The molecule has 0 spiro atoms. The van der Waals surface area contributed by atoms with Gasteiger partial charge in [-0.1, -0.05) is 56.1 Å². The van der Waals surface area contributed by atoms with Crippen LogP contribution >= 0.6 is 31.9 Å². The van der Waals surface area contributed by atoms with E-state index in [0.717, 1.165) is 11.5 Å². The third-order valence-corrected chi connectivity index (χ3v) is 4.50. The normalized spacial score (nSPS) is 13.8. The predicted molar refractivity (Wildman–Crippen MR) is 97.1 cm³/mol. The Bertz CT molecular complexity index is 578. The van der Waals surface area contributed by atoms with Gasteiger partial charge in [0, 0.05) is 20.8 Å². The van der Waals surface area contributed by atoms with Gasteiger partial charge in [-0.15, -0.1) is 0 Å². The van der Waals surface area contributed by atoms with Gasteiger partial charge in [-0.05, 0) is 51.0 Å². The van der Waals surface area contributed by atoms with E-state index in [4.69, 9.17) is 4.74 Å². The van der Waals surface area contributed by atoms with Gasteiger partial charge in [0.25, 0.3) is 0 Å². The second-order valence-corrected chi connectivity index (χ2v) is 8.05. The number of ether oxygens (including phenoxy) is 1. The lowest BCUT2D eigenvalue weighted by Gasteiger charge is -2.19. The summed E-state index contributed by atoms with van der Waals surface area (Å²) in [6.07, 6.45) is 0. The van der Waals surface area contributed by atoms with Crippen LogP contribution in [0.4, 0.5) is 0 Å². The molecule has 2 rings (SSSR count). The van der Waals surface area contributed by atoms with E-state index < -0.39 is 0 Å². The standard InChI is InChI=1S/C18H20Br2O/c1-11-7-5-9-15(17(11)13(3)19)21-16-10-6-8-12(2)18(16)14(4)20/h5-10,13-14H,1-4H3. The van der Waals surface area contributed by atoms with Crippen molar-refractivity contribution in [3.63, 3.8) is 0 Å². The number of aryl methyl sites for hydroxylation is 2. The zero-order valence-electron chi connectivity index (χ0n) is 12.8. The lowest BCUT2D eigenvalue weighted by Crippen LogP contribution is -1.99. The van der Waals surface area contributed by atoms with E-state index in [-0.39, 0.29) is 9.65 Å². The molecule has 1 nitrogen and oxygen atoms in total. The molecule has 112 valence electrons. The van der Waals surface area contributed by atoms with Gasteiger partial charge in [0.05, 0.1) is 0 Å². The van der Waals surface area contributed by atoms with Gasteiger partial charge in [-0.2, -0.15) is 0 Å². The van der Waals surface area contributed by atoms with Crippen molar-refractivity contribution in [2.24, 2.45) is 0 Å². The van der Waals surface area contributed by atoms with Crippen molar-refractivity contribution in [3.8, 4) is 11.5 Å². The van der Waals surface area contributed by atoms with Crippen LogP contribution in [0, 0.1) is 13.8 Å². The number of hydrogen-bond donors (Lipinski definition) is 0. The molecule has 0 heterocycles. The van der Waals surface area contributed by atoms with Crippen LogP contribution in [0.2, 0.25) is 0 Å². The molecule has 2 unspecified atom stereocenters. The average molecular weight is 412 g/mol. The van der Waals surface area contributed by atoms with Gasteiger partial charge in [0.15, 0.2) is 0 Å². The summed E-state index contributed by atoms with van der Waals surface area (Å²) in [5.41, 5.74) is 4.87. The minimum atomic E-state index is 0.253. The Morgan fingerprint density at radius 2 is 1.14 bits per heavy atom. The fraction of sp³-hybridized carbons (Fsp3) is 0.333. The highest BCUT2D eigenvalue weighted by Crippen LogP contribution is 2.40. The third kappa shape index (κ3) is 3.70. The SMILES string of the molecule is Cc1cccc(Oc2cccc(C)c2C(C)Br)c1C(C)Br. The number of halogens is 2. The van der Waals surface area contributed by atoms with Gasteiger partial charge in [0.2, 0.25) is 0 Å². The molecule has 0 fully saturated rings. The summed E-state index contributed by atoms with van der Waals surface area (Å²) < 4.78 is 6.26. The lowest BCUT2D eigenvalue weighted by atomic mass is 10.0. The molecule has 0 saturated heterocycles.